The normalized spacial score (nSPS) is 12.0. The van der Waals surface area contributed by atoms with Crippen LogP contribution in [-0.4, -0.2) is 36.6 Å². The van der Waals surface area contributed by atoms with E-state index in [1.165, 1.54) is 7.11 Å². The van der Waals surface area contributed by atoms with Gasteiger partial charge in [0.2, 0.25) is 5.91 Å². The third-order valence-corrected chi connectivity index (χ3v) is 3.87. The predicted octanol–water partition coefficient (Wildman–Crippen LogP) is 3.58. The van der Waals surface area contributed by atoms with Gasteiger partial charge in [0.15, 0.2) is 0 Å². The van der Waals surface area contributed by atoms with E-state index in [4.69, 9.17) is 27.9 Å². The monoisotopic (exact) mass is 338 g/mol. The first-order chi connectivity index (χ1) is 10.5. The minimum Gasteiger partial charge on any atom is -0.375 e. The fourth-order valence-corrected chi connectivity index (χ4v) is 2.75. The summed E-state index contributed by atoms with van der Waals surface area (Å²) in [6, 6.07) is 8.59. The Morgan fingerprint density at radius 3 is 2.73 bits per heavy atom. The van der Waals surface area contributed by atoms with Gasteiger partial charge in [0, 0.05) is 36.6 Å². The SMILES string of the molecule is COCC(=O)N(C)C(c1cccnc1)c1ccc(Cl)cc1Cl. The summed E-state index contributed by atoms with van der Waals surface area (Å²) in [7, 11) is 3.20. The molecule has 0 N–H and O–H groups in total. The van der Waals surface area contributed by atoms with Gasteiger partial charge < -0.3 is 9.64 Å². The number of carbonyl (C=O) groups is 1. The lowest BCUT2D eigenvalue weighted by molar-refractivity contribution is -0.135. The summed E-state index contributed by atoms with van der Waals surface area (Å²) in [5, 5.41) is 1.04. The lowest BCUT2D eigenvalue weighted by atomic mass is 9.98. The molecule has 0 aliphatic heterocycles. The van der Waals surface area contributed by atoms with Crippen molar-refractivity contribution in [1.29, 1.82) is 0 Å². The van der Waals surface area contributed by atoms with Gasteiger partial charge in [0.05, 0.1) is 6.04 Å². The number of nitrogens with zero attached hydrogens (tertiary/aromatic N) is 2. The van der Waals surface area contributed by atoms with Crippen molar-refractivity contribution in [2.45, 2.75) is 6.04 Å². The molecule has 1 heterocycles. The van der Waals surface area contributed by atoms with Crippen molar-refractivity contribution >= 4 is 29.1 Å². The van der Waals surface area contributed by atoms with E-state index in [1.807, 2.05) is 18.2 Å². The number of carbonyl (C=O) groups excluding carboxylic acids is 1. The first kappa shape index (κ1) is 16.7. The number of hydrogen-bond donors (Lipinski definition) is 0. The number of pyridine rings is 1. The highest BCUT2D eigenvalue weighted by Crippen LogP contribution is 2.33. The minimum atomic E-state index is -0.360. The average molecular weight is 339 g/mol. The standard InChI is InChI=1S/C16H16Cl2N2O2/c1-20(15(21)10-22-2)16(11-4-3-7-19-9-11)13-6-5-12(17)8-14(13)18/h3-9,16H,10H2,1-2H3. The summed E-state index contributed by atoms with van der Waals surface area (Å²) in [6.07, 6.45) is 3.40. The number of amides is 1. The van der Waals surface area contributed by atoms with Crippen molar-refractivity contribution in [3.8, 4) is 0 Å². The van der Waals surface area contributed by atoms with Crippen LogP contribution < -0.4 is 0 Å². The molecule has 2 aromatic rings. The molecule has 0 saturated heterocycles. The van der Waals surface area contributed by atoms with E-state index in [0.29, 0.717) is 10.0 Å². The molecule has 116 valence electrons. The molecule has 4 nitrogen and oxygen atoms in total. The summed E-state index contributed by atoms with van der Waals surface area (Å²) < 4.78 is 4.94. The highest BCUT2D eigenvalue weighted by atomic mass is 35.5. The van der Waals surface area contributed by atoms with Crippen molar-refractivity contribution in [1.82, 2.24) is 9.88 Å². The van der Waals surface area contributed by atoms with Gasteiger partial charge in [-0.15, -0.1) is 0 Å². The summed E-state index contributed by atoms with van der Waals surface area (Å²) in [4.78, 5) is 17.9. The third-order valence-electron chi connectivity index (χ3n) is 3.31. The number of rotatable bonds is 5. The van der Waals surface area contributed by atoms with Crippen molar-refractivity contribution in [2.24, 2.45) is 0 Å². The molecule has 1 unspecified atom stereocenters. The van der Waals surface area contributed by atoms with Gasteiger partial charge in [0.1, 0.15) is 6.61 Å². The summed E-state index contributed by atoms with van der Waals surface area (Å²) >= 11 is 12.3. The fraction of sp³-hybridized carbons (Fsp3) is 0.250. The molecule has 1 aromatic heterocycles. The van der Waals surface area contributed by atoms with Crippen LogP contribution in [0.5, 0.6) is 0 Å². The average Bonchev–Trinajstić information content (AvgIpc) is 2.51. The van der Waals surface area contributed by atoms with Crippen LogP contribution in [0.15, 0.2) is 42.7 Å². The molecule has 1 atom stereocenters. The predicted molar refractivity (Wildman–Crippen MR) is 87.2 cm³/mol. The maximum Gasteiger partial charge on any atom is 0.249 e. The molecule has 1 amide bonds. The molecule has 22 heavy (non-hydrogen) atoms. The Hall–Kier alpha value is -1.62. The maximum atomic E-state index is 12.2. The van der Waals surface area contributed by atoms with Crippen LogP contribution in [0.4, 0.5) is 0 Å². The van der Waals surface area contributed by atoms with E-state index in [1.54, 1.807) is 36.5 Å². The highest BCUT2D eigenvalue weighted by molar-refractivity contribution is 6.35. The van der Waals surface area contributed by atoms with Gasteiger partial charge in [0.25, 0.3) is 0 Å². The molecular formula is C16H16Cl2N2O2. The Labute approximate surface area is 139 Å². The zero-order valence-electron chi connectivity index (χ0n) is 12.3. The number of hydrogen-bond acceptors (Lipinski definition) is 3. The van der Waals surface area contributed by atoms with E-state index in [-0.39, 0.29) is 18.6 Å². The van der Waals surface area contributed by atoms with Crippen molar-refractivity contribution in [2.75, 3.05) is 20.8 Å². The summed E-state index contributed by atoms with van der Waals surface area (Å²) in [5.74, 6) is -0.151. The second-order valence-corrected chi connectivity index (χ2v) is 5.64. The smallest absolute Gasteiger partial charge is 0.249 e. The van der Waals surface area contributed by atoms with Gasteiger partial charge in [-0.05, 0) is 29.3 Å². The molecule has 2 rings (SSSR count). The van der Waals surface area contributed by atoms with Gasteiger partial charge in [-0.25, -0.2) is 0 Å². The van der Waals surface area contributed by atoms with Crippen molar-refractivity contribution in [3.63, 3.8) is 0 Å². The Balaban J connectivity index is 2.48. The molecule has 0 bridgehead atoms. The van der Waals surface area contributed by atoms with Crippen LogP contribution in [-0.2, 0) is 9.53 Å². The van der Waals surface area contributed by atoms with Crippen LogP contribution in [0.25, 0.3) is 0 Å². The maximum absolute atomic E-state index is 12.2. The minimum absolute atomic E-state index is 0.00152. The number of aromatic nitrogens is 1. The van der Waals surface area contributed by atoms with Gasteiger partial charge in [-0.3, -0.25) is 9.78 Å². The molecule has 0 spiro atoms. The fourth-order valence-electron chi connectivity index (χ4n) is 2.24. The molecule has 0 fully saturated rings. The quantitative estimate of drug-likeness (QED) is 0.836. The number of likely N-dealkylation sites (N-methyl/N-ethyl adjacent to an activating group) is 1. The van der Waals surface area contributed by atoms with E-state index in [0.717, 1.165) is 11.1 Å². The Morgan fingerprint density at radius 2 is 2.14 bits per heavy atom. The molecule has 0 radical (unpaired) electrons. The number of halogens is 2. The lowest BCUT2D eigenvalue weighted by Crippen LogP contribution is -2.34. The zero-order valence-corrected chi connectivity index (χ0v) is 13.8. The van der Waals surface area contributed by atoms with Crippen molar-refractivity contribution < 1.29 is 9.53 Å². The van der Waals surface area contributed by atoms with Crippen LogP contribution in [0.3, 0.4) is 0 Å². The zero-order chi connectivity index (χ0) is 16.1. The van der Waals surface area contributed by atoms with Gasteiger partial charge >= 0.3 is 0 Å². The molecule has 1 aromatic carbocycles. The Bertz CT molecular complexity index is 650. The molecule has 6 heteroatoms. The second kappa shape index (κ2) is 7.58. The summed E-state index contributed by atoms with van der Waals surface area (Å²) in [5.41, 5.74) is 1.64. The van der Waals surface area contributed by atoms with Crippen molar-refractivity contribution in [3.05, 3.63) is 63.9 Å². The van der Waals surface area contributed by atoms with Gasteiger partial charge in [-0.1, -0.05) is 35.3 Å². The van der Waals surface area contributed by atoms with Crippen LogP contribution in [0, 0.1) is 0 Å². The summed E-state index contributed by atoms with van der Waals surface area (Å²) in [6.45, 7) is -0.00152. The van der Waals surface area contributed by atoms with Crippen LogP contribution >= 0.6 is 23.2 Å². The number of benzene rings is 1. The topological polar surface area (TPSA) is 42.4 Å². The molecule has 0 aliphatic carbocycles. The second-order valence-electron chi connectivity index (χ2n) is 4.79. The number of ether oxygens (including phenoxy) is 1. The largest absolute Gasteiger partial charge is 0.375 e. The highest BCUT2D eigenvalue weighted by Gasteiger charge is 2.25. The van der Waals surface area contributed by atoms with Crippen LogP contribution in [0.2, 0.25) is 10.0 Å². The Kier molecular flexibility index (Phi) is 5.77. The molecular weight excluding hydrogens is 323 g/mol. The van der Waals surface area contributed by atoms with E-state index in [9.17, 15) is 4.79 Å². The number of methoxy groups -OCH3 is 1. The van der Waals surface area contributed by atoms with E-state index >= 15 is 0 Å². The van der Waals surface area contributed by atoms with Crippen LogP contribution in [0.1, 0.15) is 17.2 Å². The van der Waals surface area contributed by atoms with E-state index in [2.05, 4.69) is 4.98 Å². The third kappa shape index (κ3) is 3.77. The van der Waals surface area contributed by atoms with E-state index < -0.39 is 0 Å². The lowest BCUT2D eigenvalue weighted by Gasteiger charge is -2.29. The first-order valence-corrected chi connectivity index (χ1v) is 7.39. The first-order valence-electron chi connectivity index (χ1n) is 6.64. The molecule has 0 saturated carbocycles. The Morgan fingerprint density at radius 1 is 1.36 bits per heavy atom. The van der Waals surface area contributed by atoms with Gasteiger partial charge in [-0.2, -0.15) is 0 Å². The molecule has 0 aliphatic rings.